The van der Waals surface area contributed by atoms with Crippen molar-refractivity contribution >= 4 is 5.91 Å². The molecule has 1 aliphatic carbocycles. The van der Waals surface area contributed by atoms with Crippen LogP contribution in [0.1, 0.15) is 36.5 Å². The molecule has 1 fully saturated rings. The predicted molar refractivity (Wildman–Crippen MR) is 68.6 cm³/mol. The fraction of sp³-hybridized carbons (Fsp3) is 0.500. The zero-order valence-corrected chi connectivity index (χ0v) is 10.7. The van der Waals surface area contributed by atoms with Gasteiger partial charge < -0.3 is 5.73 Å². The van der Waals surface area contributed by atoms with Crippen molar-refractivity contribution in [2.75, 3.05) is 0 Å². The van der Waals surface area contributed by atoms with Crippen molar-refractivity contribution in [2.24, 2.45) is 5.73 Å². The van der Waals surface area contributed by atoms with Crippen LogP contribution < -0.4 is 11.1 Å². The maximum Gasteiger partial charge on any atom is 0.242 e. The van der Waals surface area contributed by atoms with Crippen molar-refractivity contribution in [3.63, 3.8) is 0 Å². The highest BCUT2D eigenvalue weighted by atomic mass is 16.1. The standard InChI is InChI=1S/C14H20N2O/c1-9-4-5-10(2)12(8-9)14(3,13(15)17)16-11-6-7-11/h4-5,8,11,16H,6-7H2,1-3H3,(H2,15,17). The van der Waals surface area contributed by atoms with E-state index in [0.29, 0.717) is 6.04 Å². The van der Waals surface area contributed by atoms with Crippen LogP contribution in [0.2, 0.25) is 0 Å². The number of primary amides is 1. The van der Waals surface area contributed by atoms with Gasteiger partial charge in [-0.1, -0.05) is 23.8 Å². The molecule has 0 radical (unpaired) electrons. The van der Waals surface area contributed by atoms with E-state index in [4.69, 9.17) is 5.73 Å². The summed E-state index contributed by atoms with van der Waals surface area (Å²) in [6.45, 7) is 5.93. The molecule has 3 nitrogen and oxygen atoms in total. The summed E-state index contributed by atoms with van der Waals surface area (Å²) in [5.74, 6) is -0.307. The van der Waals surface area contributed by atoms with Gasteiger partial charge in [-0.05, 0) is 44.7 Å². The Morgan fingerprint density at radius 3 is 2.59 bits per heavy atom. The van der Waals surface area contributed by atoms with Gasteiger partial charge in [0.1, 0.15) is 5.54 Å². The second-order valence-electron chi connectivity index (χ2n) is 5.23. The van der Waals surface area contributed by atoms with E-state index in [-0.39, 0.29) is 5.91 Å². The molecule has 0 bridgehead atoms. The molecule has 1 saturated carbocycles. The molecule has 3 N–H and O–H groups in total. The summed E-state index contributed by atoms with van der Waals surface area (Å²) in [4.78, 5) is 11.8. The second kappa shape index (κ2) is 4.15. The maximum absolute atomic E-state index is 11.8. The third kappa shape index (κ3) is 2.34. The summed E-state index contributed by atoms with van der Waals surface area (Å²) in [6, 6.07) is 6.58. The Balaban J connectivity index is 2.43. The SMILES string of the molecule is Cc1ccc(C)c(C(C)(NC2CC2)C(N)=O)c1. The molecule has 0 spiro atoms. The molecule has 0 aromatic heterocycles. The molecule has 1 atom stereocenters. The molecule has 0 heterocycles. The fourth-order valence-electron chi connectivity index (χ4n) is 2.19. The van der Waals surface area contributed by atoms with Crippen molar-refractivity contribution in [3.8, 4) is 0 Å². The van der Waals surface area contributed by atoms with E-state index in [2.05, 4.69) is 17.4 Å². The van der Waals surface area contributed by atoms with E-state index in [1.165, 1.54) is 0 Å². The number of hydrogen-bond donors (Lipinski definition) is 2. The summed E-state index contributed by atoms with van der Waals surface area (Å²) in [5.41, 5.74) is 8.09. The van der Waals surface area contributed by atoms with Crippen molar-refractivity contribution in [3.05, 3.63) is 34.9 Å². The van der Waals surface area contributed by atoms with Gasteiger partial charge in [-0.15, -0.1) is 0 Å². The fourth-order valence-corrected chi connectivity index (χ4v) is 2.19. The molecule has 1 unspecified atom stereocenters. The molecule has 1 aromatic carbocycles. The first-order valence-corrected chi connectivity index (χ1v) is 6.09. The highest BCUT2D eigenvalue weighted by Crippen LogP contribution is 2.30. The second-order valence-corrected chi connectivity index (χ2v) is 5.23. The Morgan fingerprint density at radius 2 is 2.06 bits per heavy atom. The lowest BCUT2D eigenvalue weighted by molar-refractivity contribution is -0.124. The van der Waals surface area contributed by atoms with Crippen LogP contribution in [0.3, 0.4) is 0 Å². The zero-order valence-electron chi connectivity index (χ0n) is 10.7. The number of nitrogens with two attached hydrogens (primary N) is 1. The number of amides is 1. The number of carbonyl (C=O) groups is 1. The van der Waals surface area contributed by atoms with Crippen molar-refractivity contribution in [2.45, 2.75) is 45.2 Å². The largest absolute Gasteiger partial charge is 0.368 e. The first kappa shape index (κ1) is 12.1. The molecule has 3 heteroatoms. The van der Waals surface area contributed by atoms with Crippen LogP contribution in [0.5, 0.6) is 0 Å². The van der Waals surface area contributed by atoms with Gasteiger partial charge >= 0.3 is 0 Å². The quantitative estimate of drug-likeness (QED) is 0.831. The van der Waals surface area contributed by atoms with Crippen LogP contribution >= 0.6 is 0 Å². The monoisotopic (exact) mass is 232 g/mol. The molecule has 17 heavy (non-hydrogen) atoms. The summed E-state index contributed by atoms with van der Waals surface area (Å²) in [7, 11) is 0. The molecule has 2 rings (SSSR count). The van der Waals surface area contributed by atoms with Crippen LogP contribution in [-0.4, -0.2) is 11.9 Å². The summed E-state index contributed by atoms with van der Waals surface area (Å²) in [5, 5.41) is 3.38. The number of hydrogen-bond acceptors (Lipinski definition) is 2. The van der Waals surface area contributed by atoms with Crippen LogP contribution in [-0.2, 0) is 10.3 Å². The van der Waals surface area contributed by atoms with Gasteiger partial charge in [0.25, 0.3) is 0 Å². The smallest absolute Gasteiger partial charge is 0.242 e. The van der Waals surface area contributed by atoms with Gasteiger partial charge in [0, 0.05) is 6.04 Å². The molecular formula is C14H20N2O. The van der Waals surface area contributed by atoms with Crippen molar-refractivity contribution < 1.29 is 4.79 Å². The third-order valence-corrected chi connectivity index (χ3v) is 3.49. The Morgan fingerprint density at radius 1 is 1.41 bits per heavy atom. The van der Waals surface area contributed by atoms with Crippen molar-refractivity contribution in [1.82, 2.24) is 5.32 Å². The van der Waals surface area contributed by atoms with Gasteiger partial charge in [-0.3, -0.25) is 10.1 Å². The van der Waals surface area contributed by atoms with Gasteiger partial charge in [-0.2, -0.15) is 0 Å². The number of aryl methyl sites for hydroxylation is 2. The number of carbonyl (C=O) groups excluding carboxylic acids is 1. The minimum Gasteiger partial charge on any atom is -0.368 e. The minimum atomic E-state index is -0.753. The minimum absolute atomic E-state index is 0.307. The number of benzene rings is 1. The Hall–Kier alpha value is -1.35. The molecule has 0 aliphatic heterocycles. The summed E-state index contributed by atoms with van der Waals surface area (Å²) in [6.07, 6.45) is 2.27. The summed E-state index contributed by atoms with van der Waals surface area (Å²) < 4.78 is 0. The van der Waals surface area contributed by atoms with Crippen LogP contribution in [0.15, 0.2) is 18.2 Å². The van der Waals surface area contributed by atoms with E-state index < -0.39 is 5.54 Å². The van der Waals surface area contributed by atoms with E-state index in [0.717, 1.165) is 29.5 Å². The van der Waals surface area contributed by atoms with Gasteiger partial charge in [0.15, 0.2) is 0 Å². The van der Waals surface area contributed by atoms with Crippen LogP contribution in [0, 0.1) is 13.8 Å². The molecule has 1 aliphatic rings. The van der Waals surface area contributed by atoms with Gasteiger partial charge in [0.05, 0.1) is 0 Å². The average Bonchev–Trinajstić information content (AvgIpc) is 3.05. The number of rotatable bonds is 4. The van der Waals surface area contributed by atoms with Gasteiger partial charge in [-0.25, -0.2) is 0 Å². The van der Waals surface area contributed by atoms with E-state index in [9.17, 15) is 4.79 Å². The first-order valence-electron chi connectivity index (χ1n) is 6.09. The number of nitrogens with one attached hydrogen (secondary N) is 1. The Bertz CT molecular complexity index is 452. The Labute approximate surface area is 102 Å². The van der Waals surface area contributed by atoms with Crippen LogP contribution in [0.4, 0.5) is 0 Å². The molecule has 1 amide bonds. The highest BCUT2D eigenvalue weighted by molar-refractivity contribution is 5.86. The Kier molecular flexibility index (Phi) is 2.96. The average molecular weight is 232 g/mol. The lowest BCUT2D eigenvalue weighted by atomic mass is 9.86. The maximum atomic E-state index is 11.8. The molecule has 92 valence electrons. The molecular weight excluding hydrogens is 212 g/mol. The molecule has 1 aromatic rings. The normalized spacial score (nSPS) is 18.8. The van der Waals surface area contributed by atoms with E-state index in [1.807, 2.05) is 26.8 Å². The van der Waals surface area contributed by atoms with E-state index >= 15 is 0 Å². The highest BCUT2D eigenvalue weighted by Gasteiger charge is 2.39. The van der Waals surface area contributed by atoms with Crippen LogP contribution in [0.25, 0.3) is 0 Å². The van der Waals surface area contributed by atoms with Gasteiger partial charge in [0.2, 0.25) is 5.91 Å². The topological polar surface area (TPSA) is 55.1 Å². The predicted octanol–water partition coefficient (Wildman–Crippen LogP) is 1.76. The summed E-state index contributed by atoms with van der Waals surface area (Å²) >= 11 is 0. The first-order chi connectivity index (χ1) is 7.93. The van der Waals surface area contributed by atoms with Crippen molar-refractivity contribution in [1.29, 1.82) is 0 Å². The molecule has 0 saturated heterocycles. The van der Waals surface area contributed by atoms with E-state index in [1.54, 1.807) is 0 Å². The lowest BCUT2D eigenvalue weighted by Crippen LogP contribution is -2.51. The third-order valence-electron chi connectivity index (χ3n) is 3.49. The zero-order chi connectivity index (χ0) is 12.6. The lowest BCUT2D eigenvalue weighted by Gasteiger charge is -2.30.